The SMILES string of the molecule is CS1(C)c2cc(N(c3ccccc3)c3ccc(-c4ccc5ccccc5c4)cc3)ccc2-c2c1ccc1c2oc2ccccc21. The molecule has 2 heterocycles. The van der Waals surface area contributed by atoms with Crippen molar-refractivity contribution in [3.8, 4) is 22.3 Å². The summed E-state index contributed by atoms with van der Waals surface area (Å²) in [5.74, 6) is 0. The standard InChI is InChI=1S/C42H31NOS/c1-45(2)39-25-24-36-35-14-8-9-15-38(35)44-42(36)41(39)37-23-22-34(27-40(37)45)43(32-12-4-3-5-13-32)33-20-18-29(19-21-33)31-17-16-28-10-6-7-11-30(28)26-31/h3-27H,1-2H3. The van der Waals surface area contributed by atoms with Crippen LogP contribution in [0.15, 0.2) is 166 Å². The Hall–Kier alpha value is -5.25. The Kier molecular flexibility index (Phi) is 5.75. The van der Waals surface area contributed by atoms with E-state index in [1.807, 2.05) is 6.07 Å². The zero-order valence-corrected chi connectivity index (χ0v) is 26.0. The van der Waals surface area contributed by atoms with E-state index in [1.54, 1.807) is 0 Å². The van der Waals surface area contributed by atoms with Crippen LogP contribution in [0.1, 0.15) is 0 Å². The molecule has 0 unspecified atom stereocenters. The third-order valence-corrected chi connectivity index (χ3v) is 12.2. The number of para-hydroxylation sites is 2. The molecule has 45 heavy (non-hydrogen) atoms. The van der Waals surface area contributed by atoms with Gasteiger partial charge in [0.1, 0.15) is 11.2 Å². The van der Waals surface area contributed by atoms with Crippen molar-refractivity contribution in [3.05, 3.63) is 152 Å². The van der Waals surface area contributed by atoms with E-state index in [0.29, 0.717) is 0 Å². The third kappa shape index (κ3) is 4.04. The lowest BCUT2D eigenvalue weighted by atomic mass is 10.0. The fourth-order valence-electron chi connectivity index (χ4n) is 7.04. The van der Waals surface area contributed by atoms with E-state index >= 15 is 0 Å². The van der Waals surface area contributed by atoms with E-state index in [1.165, 1.54) is 53.6 Å². The van der Waals surface area contributed by atoms with Crippen LogP contribution in [0, 0.1) is 0 Å². The number of nitrogens with zero attached hydrogens (tertiary/aromatic N) is 1. The molecule has 0 aliphatic carbocycles. The van der Waals surface area contributed by atoms with Crippen molar-refractivity contribution in [3.63, 3.8) is 0 Å². The average Bonchev–Trinajstić information content (AvgIpc) is 3.58. The molecule has 1 aliphatic rings. The highest BCUT2D eigenvalue weighted by Crippen LogP contribution is 2.69. The summed E-state index contributed by atoms with van der Waals surface area (Å²) < 4.78 is 6.54. The van der Waals surface area contributed by atoms with Gasteiger partial charge in [0.15, 0.2) is 0 Å². The van der Waals surface area contributed by atoms with Crippen molar-refractivity contribution in [2.45, 2.75) is 9.79 Å². The molecule has 0 saturated heterocycles. The molecule has 9 rings (SSSR count). The van der Waals surface area contributed by atoms with E-state index in [4.69, 9.17) is 4.42 Å². The van der Waals surface area contributed by atoms with Crippen LogP contribution in [0.5, 0.6) is 0 Å². The minimum atomic E-state index is -1.26. The number of hydrogen-bond donors (Lipinski definition) is 0. The molecule has 1 aromatic heterocycles. The smallest absolute Gasteiger partial charge is 0.144 e. The molecule has 8 aromatic rings. The van der Waals surface area contributed by atoms with Gasteiger partial charge in [0, 0.05) is 43.2 Å². The van der Waals surface area contributed by atoms with Gasteiger partial charge in [-0.3, -0.25) is 0 Å². The fraction of sp³-hybridized carbons (Fsp3) is 0.0476. The molecule has 1 aliphatic heterocycles. The largest absolute Gasteiger partial charge is 0.455 e. The molecule has 0 N–H and O–H groups in total. The molecular formula is C42H31NOS. The Morgan fingerprint density at radius 3 is 2.02 bits per heavy atom. The van der Waals surface area contributed by atoms with Crippen molar-refractivity contribution < 1.29 is 4.42 Å². The molecule has 3 heteroatoms. The van der Waals surface area contributed by atoms with Crippen LogP contribution >= 0.6 is 10.0 Å². The van der Waals surface area contributed by atoms with Crippen LogP contribution in [0.25, 0.3) is 55.0 Å². The lowest BCUT2D eigenvalue weighted by molar-refractivity contribution is 0.669. The Balaban J connectivity index is 1.17. The molecule has 0 saturated carbocycles. The van der Waals surface area contributed by atoms with Crippen LogP contribution in [0.4, 0.5) is 17.1 Å². The van der Waals surface area contributed by atoms with E-state index in [2.05, 4.69) is 163 Å². The average molecular weight is 598 g/mol. The number of anilines is 3. The van der Waals surface area contributed by atoms with Crippen molar-refractivity contribution in [2.24, 2.45) is 0 Å². The van der Waals surface area contributed by atoms with Crippen LogP contribution < -0.4 is 4.90 Å². The Morgan fingerprint density at radius 2 is 1.18 bits per heavy atom. The molecular weight excluding hydrogens is 567 g/mol. The molecule has 0 radical (unpaired) electrons. The maximum absolute atomic E-state index is 6.54. The zero-order valence-electron chi connectivity index (χ0n) is 25.2. The van der Waals surface area contributed by atoms with Gasteiger partial charge in [-0.1, -0.05) is 91.0 Å². The van der Waals surface area contributed by atoms with Crippen molar-refractivity contribution in [2.75, 3.05) is 17.4 Å². The molecule has 216 valence electrons. The van der Waals surface area contributed by atoms with Gasteiger partial charge in [0.05, 0.1) is 0 Å². The summed E-state index contributed by atoms with van der Waals surface area (Å²) in [6.45, 7) is 0. The summed E-state index contributed by atoms with van der Waals surface area (Å²) >= 11 is 0. The first kappa shape index (κ1) is 26.2. The van der Waals surface area contributed by atoms with Gasteiger partial charge in [-0.15, -0.1) is 0 Å². The Bertz CT molecular complexity index is 2400. The van der Waals surface area contributed by atoms with Gasteiger partial charge >= 0.3 is 0 Å². The summed E-state index contributed by atoms with van der Waals surface area (Å²) in [4.78, 5) is 5.17. The highest BCUT2D eigenvalue weighted by molar-refractivity contribution is 8.33. The topological polar surface area (TPSA) is 16.4 Å². The van der Waals surface area contributed by atoms with Crippen LogP contribution in [-0.2, 0) is 0 Å². The third-order valence-electron chi connectivity index (χ3n) is 9.32. The molecule has 0 atom stereocenters. The van der Waals surface area contributed by atoms with Gasteiger partial charge in [-0.05, 0) is 101 Å². The highest BCUT2D eigenvalue weighted by atomic mass is 32.3. The lowest BCUT2D eigenvalue weighted by Crippen LogP contribution is -2.10. The molecule has 0 bridgehead atoms. The van der Waals surface area contributed by atoms with E-state index < -0.39 is 10.0 Å². The fourth-order valence-corrected chi connectivity index (χ4v) is 9.54. The number of rotatable bonds is 4. The monoisotopic (exact) mass is 597 g/mol. The van der Waals surface area contributed by atoms with Crippen molar-refractivity contribution in [1.29, 1.82) is 0 Å². The van der Waals surface area contributed by atoms with Crippen LogP contribution in [0.3, 0.4) is 0 Å². The maximum atomic E-state index is 6.54. The van der Waals surface area contributed by atoms with Crippen LogP contribution in [-0.4, -0.2) is 12.5 Å². The van der Waals surface area contributed by atoms with Gasteiger partial charge in [-0.25, -0.2) is 0 Å². The molecule has 2 nitrogen and oxygen atoms in total. The van der Waals surface area contributed by atoms with E-state index in [-0.39, 0.29) is 0 Å². The number of furan rings is 1. The second-order valence-electron chi connectivity index (χ2n) is 12.2. The lowest BCUT2D eigenvalue weighted by Gasteiger charge is -2.31. The number of hydrogen-bond acceptors (Lipinski definition) is 2. The minimum absolute atomic E-state index is 0.946. The van der Waals surface area contributed by atoms with Crippen LogP contribution in [0.2, 0.25) is 0 Å². The van der Waals surface area contributed by atoms with Crippen molar-refractivity contribution in [1.82, 2.24) is 0 Å². The van der Waals surface area contributed by atoms with Gasteiger partial charge in [0.2, 0.25) is 0 Å². The summed E-state index contributed by atoms with van der Waals surface area (Å²) in [5.41, 5.74) is 10.4. The summed E-state index contributed by atoms with van der Waals surface area (Å²) in [7, 11) is -1.26. The van der Waals surface area contributed by atoms with E-state index in [0.717, 1.165) is 28.2 Å². The molecule has 0 fully saturated rings. The summed E-state index contributed by atoms with van der Waals surface area (Å²) in [6, 6.07) is 54.9. The van der Waals surface area contributed by atoms with Crippen molar-refractivity contribution >= 4 is 59.8 Å². The number of benzene rings is 7. The molecule has 7 aromatic carbocycles. The van der Waals surface area contributed by atoms with E-state index in [9.17, 15) is 0 Å². The predicted octanol–water partition coefficient (Wildman–Crippen LogP) is 12.3. The molecule has 0 spiro atoms. The maximum Gasteiger partial charge on any atom is 0.144 e. The summed E-state index contributed by atoms with van der Waals surface area (Å²) in [5, 5.41) is 4.89. The second kappa shape index (κ2) is 9.88. The normalized spacial score (nSPS) is 14.0. The first-order valence-electron chi connectivity index (χ1n) is 15.3. The van der Waals surface area contributed by atoms with Gasteiger partial charge in [-0.2, -0.15) is 10.0 Å². The molecule has 0 amide bonds. The second-order valence-corrected chi connectivity index (χ2v) is 15.7. The minimum Gasteiger partial charge on any atom is -0.455 e. The summed E-state index contributed by atoms with van der Waals surface area (Å²) in [6.07, 6.45) is 4.84. The highest BCUT2D eigenvalue weighted by Gasteiger charge is 2.35. The first-order valence-corrected chi connectivity index (χ1v) is 17.8. The Labute approximate surface area is 264 Å². The number of fused-ring (bicyclic) bond motifs is 8. The quantitative estimate of drug-likeness (QED) is 0.201. The van der Waals surface area contributed by atoms with Gasteiger partial charge < -0.3 is 9.32 Å². The van der Waals surface area contributed by atoms with Gasteiger partial charge in [0.25, 0.3) is 0 Å². The predicted molar refractivity (Wildman–Crippen MR) is 193 cm³/mol. The zero-order chi connectivity index (χ0) is 30.1. The Morgan fingerprint density at radius 1 is 0.489 bits per heavy atom. The first-order chi connectivity index (χ1) is 22.1.